The van der Waals surface area contributed by atoms with Gasteiger partial charge in [0.2, 0.25) is 6.58 Å². The van der Waals surface area contributed by atoms with Crippen molar-refractivity contribution in [2.45, 2.75) is 40.0 Å². The SMILES string of the molecule is [CH+]=C(C)Cc1c(O)c(CC(=C)C)c2oc(-c3ccc(OC)c(O)c3CC(=C)C)cc(=O)c2c1O. The number of phenolic OH excluding ortho intramolecular Hbond substituents is 3. The largest absolute Gasteiger partial charge is 0.507 e. The molecule has 1 heterocycles. The van der Waals surface area contributed by atoms with Gasteiger partial charge in [0, 0.05) is 41.7 Å². The molecule has 34 heavy (non-hydrogen) atoms. The molecule has 6 nitrogen and oxygen atoms in total. The molecule has 3 aromatic rings. The Labute approximate surface area is 198 Å². The van der Waals surface area contributed by atoms with Crippen LogP contribution < -0.4 is 10.2 Å². The predicted octanol–water partition coefficient (Wildman–Crippen LogP) is 5.74. The summed E-state index contributed by atoms with van der Waals surface area (Å²) in [5, 5.41) is 32.6. The van der Waals surface area contributed by atoms with E-state index in [0.717, 1.165) is 11.1 Å². The Morgan fingerprint density at radius 1 is 0.941 bits per heavy atom. The van der Waals surface area contributed by atoms with Gasteiger partial charge in [0.15, 0.2) is 22.5 Å². The molecule has 3 N–H and O–H groups in total. The van der Waals surface area contributed by atoms with E-state index in [9.17, 15) is 20.1 Å². The van der Waals surface area contributed by atoms with Crippen LogP contribution in [0.1, 0.15) is 37.5 Å². The molecular formula is C28H29O6+. The molecule has 1 aromatic heterocycles. The van der Waals surface area contributed by atoms with Crippen LogP contribution >= 0.6 is 0 Å². The van der Waals surface area contributed by atoms with Gasteiger partial charge in [-0.2, -0.15) is 0 Å². The average Bonchev–Trinajstić information content (AvgIpc) is 2.74. The molecule has 0 amide bonds. The van der Waals surface area contributed by atoms with Gasteiger partial charge in [-0.25, -0.2) is 0 Å². The summed E-state index contributed by atoms with van der Waals surface area (Å²) in [6, 6.07) is 4.51. The lowest BCUT2D eigenvalue weighted by molar-refractivity contribution is 0.371. The quantitative estimate of drug-likeness (QED) is 0.292. The first-order valence-electron chi connectivity index (χ1n) is 10.8. The molecule has 2 aromatic carbocycles. The van der Waals surface area contributed by atoms with Crippen molar-refractivity contribution in [2.24, 2.45) is 0 Å². The van der Waals surface area contributed by atoms with E-state index in [1.54, 1.807) is 26.0 Å². The summed E-state index contributed by atoms with van der Waals surface area (Å²) in [6.07, 6.45) is 0.630. The predicted molar refractivity (Wildman–Crippen MR) is 134 cm³/mol. The van der Waals surface area contributed by atoms with Crippen LogP contribution in [0.5, 0.6) is 23.0 Å². The number of phenols is 3. The summed E-state index contributed by atoms with van der Waals surface area (Å²) in [5.74, 6) is -0.203. The van der Waals surface area contributed by atoms with Crippen molar-refractivity contribution < 1.29 is 24.5 Å². The lowest BCUT2D eigenvalue weighted by Gasteiger charge is -2.17. The van der Waals surface area contributed by atoms with E-state index in [4.69, 9.17) is 15.7 Å². The standard InChI is InChI=1S/C28H28O6/c1-14(2)10-18-17(8-9-22(33-7)26(18)31)23-13-21(29)24-27(32)19(11-15(3)4)25(30)20(12-16(5)6)28(24)34-23/h3,8-9,13H,1,5,10-12H2,2,4,6-7H3,(H2-,29,30,31,32)/p+1. The van der Waals surface area contributed by atoms with Crippen molar-refractivity contribution in [1.29, 1.82) is 0 Å². The fourth-order valence-electron chi connectivity index (χ4n) is 4.02. The highest BCUT2D eigenvalue weighted by atomic mass is 16.5. The Kier molecular flexibility index (Phi) is 6.85. The molecule has 0 bridgehead atoms. The van der Waals surface area contributed by atoms with Gasteiger partial charge in [-0.05, 0) is 32.4 Å². The summed E-state index contributed by atoms with van der Waals surface area (Å²) in [7, 11) is 1.45. The van der Waals surface area contributed by atoms with Crippen LogP contribution in [0.25, 0.3) is 22.3 Å². The fourth-order valence-corrected chi connectivity index (χ4v) is 4.02. The van der Waals surface area contributed by atoms with Crippen molar-refractivity contribution in [3.63, 3.8) is 0 Å². The van der Waals surface area contributed by atoms with Gasteiger partial charge in [0.05, 0.1) is 13.5 Å². The number of fused-ring (bicyclic) bond motifs is 1. The minimum Gasteiger partial charge on any atom is -0.507 e. The van der Waals surface area contributed by atoms with Crippen molar-refractivity contribution in [3.8, 4) is 34.3 Å². The second kappa shape index (κ2) is 9.46. The molecule has 0 atom stereocenters. The van der Waals surface area contributed by atoms with E-state index in [0.29, 0.717) is 28.7 Å². The molecule has 0 aliphatic carbocycles. The molecule has 0 spiro atoms. The van der Waals surface area contributed by atoms with Crippen LogP contribution in [0.2, 0.25) is 0 Å². The van der Waals surface area contributed by atoms with E-state index < -0.39 is 5.43 Å². The van der Waals surface area contributed by atoms with Crippen LogP contribution in [0.3, 0.4) is 0 Å². The number of benzene rings is 2. The van der Waals surface area contributed by atoms with Crippen molar-refractivity contribution in [3.05, 3.63) is 81.6 Å². The lowest BCUT2D eigenvalue weighted by atomic mass is 9.94. The minimum atomic E-state index is -0.496. The number of hydrogen-bond donors (Lipinski definition) is 3. The fraction of sp³-hybridized carbons (Fsp3) is 0.250. The zero-order chi connectivity index (χ0) is 25.3. The Balaban J connectivity index is 2.43. The van der Waals surface area contributed by atoms with Crippen LogP contribution in [0.15, 0.2) is 57.3 Å². The third kappa shape index (κ3) is 4.54. The normalized spacial score (nSPS) is 10.9. The molecule has 0 fully saturated rings. The summed E-state index contributed by atoms with van der Waals surface area (Å²) >= 11 is 0. The maximum Gasteiger partial charge on any atom is 0.205 e. The third-order valence-electron chi connectivity index (χ3n) is 5.46. The van der Waals surface area contributed by atoms with Crippen molar-refractivity contribution in [2.75, 3.05) is 7.11 Å². The monoisotopic (exact) mass is 461 g/mol. The zero-order valence-corrected chi connectivity index (χ0v) is 19.9. The van der Waals surface area contributed by atoms with E-state index in [-0.39, 0.29) is 58.1 Å². The van der Waals surface area contributed by atoms with Crippen LogP contribution in [0.4, 0.5) is 0 Å². The summed E-state index contributed by atoms with van der Waals surface area (Å²) in [5.41, 5.74) is 2.96. The Bertz CT molecular complexity index is 1390. The number of ether oxygens (including phenoxy) is 1. The summed E-state index contributed by atoms with van der Waals surface area (Å²) in [4.78, 5) is 13.3. The molecule has 3 rings (SSSR count). The number of allylic oxidation sites excluding steroid dienone is 3. The minimum absolute atomic E-state index is 0.0479. The van der Waals surface area contributed by atoms with Gasteiger partial charge in [-0.3, -0.25) is 4.79 Å². The second-order valence-corrected chi connectivity index (χ2v) is 8.77. The van der Waals surface area contributed by atoms with Crippen LogP contribution in [0, 0.1) is 6.58 Å². The molecule has 0 unspecified atom stereocenters. The number of methoxy groups -OCH3 is 1. The van der Waals surface area contributed by atoms with E-state index in [2.05, 4.69) is 13.2 Å². The van der Waals surface area contributed by atoms with E-state index in [1.165, 1.54) is 13.2 Å². The Morgan fingerprint density at radius 3 is 2.12 bits per heavy atom. The molecule has 0 saturated heterocycles. The maximum atomic E-state index is 13.3. The van der Waals surface area contributed by atoms with E-state index >= 15 is 0 Å². The summed E-state index contributed by atoms with van der Waals surface area (Å²) in [6.45, 7) is 18.9. The van der Waals surface area contributed by atoms with Crippen molar-refractivity contribution >= 4 is 11.0 Å². The highest BCUT2D eigenvalue weighted by Crippen LogP contribution is 2.43. The van der Waals surface area contributed by atoms with E-state index in [1.807, 2.05) is 6.92 Å². The van der Waals surface area contributed by atoms with Crippen LogP contribution in [-0.2, 0) is 19.3 Å². The first kappa shape index (κ1) is 24.6. The molecule has 176 valence electrons. The first-order chi connectivity index (χ1) is 16.0. The lowest BCUT2D eigenvalue weighted by Crippen LogP contribution is -2.07. The molecule has 0 aliphatic heterocycles. The van der Waals surface area contributed by atoms with Gasteiger partial charge < -0.3 is 24.5 Å². The molecule has 6 heteroatoms. The van der Waals surface area contributed by atoms with Crippen LogP contribution in [-0.4, -0.2) is 22.4 Å². The van der Waals surface area contributed by atoms with Gasteiger partial charge in [-0.15, -0.1) is 0 Å². The van der Waals surface area contributed by atoms with Gasteiger partial charge >= 0.3 is 0 Å². The molecule has 0 saturated carbocycles. The third-order valence-corrected chi connectivity index (χ3v) is 5.46. The molecule has 0 aliphatic rings. The first-order valence-corrected chi connectivity index (χ1v) is 10.8. The number of hydrogen-bond acceptors (Lipinski definition) is 6. The topological polar surface area (TPSA) is 100 Å². The van der Waals surface area contributed by atoms with Gasteiger partial charge in [-0.1, -0.05) is 24.3 Å². The molecule has 0 radical (unpaired) electrons. The number of aromatic hydroxyl groups is 3. The summed E-state index contributed by atoms with van der Waals surface area (Å²) < 4.78 is 11.4. The maximum absolute atomic E-state index is 13.3. The van der Waals surface area contributed by atoms with Gasteiger partial charge in [0.1, 0.15) is 28.2 Å². The Morgan fingerprint density at radius 2 is 1.56 bits per heavy atom. The van der Waals surface area contributed by atoms with Crippen molar-refractivity contribution in [1.82, 2.24) is 0 Å². The average molecular weight is 462 g/mol. The second-order valence-electron chi connectivity index (χ2n) is 8.77. The zero-order valence-electron chi connectivity index (χ0n) is 19.9. The molecular weight excluding hydrogens is 432 g/mol. The Hall–Kier alpha value is -4.02. The highest BCUT2D eigenvalue weighted by Gasteiger charge is 2.25. The van der Waals surface area contributed by atoms with Gasteiger partial charge in [0.25, 0.3) is 0 Å². The smallest absolute Gasteiger partial charge is 0.205 e. The number of rotatable bonds is 8. The highest BCUT2D eigenvalue weighted by molar-refractivity contribution is 5.91.